The van der Waals surface area contributed by atoms with E-state index in [9.17, 15) is 8.42 Å². The van der Waals surface area contributed by atoms with Crippen LogP contribution in [0.3, 0.4) is 0 Å². The number of sulfonamides is 1. The molecule has 6 nitrogen and oxygen atoms in total. The highest BCUT2D eigenvalue weighted by Crippen LogP contribution is 2.26. The fourth-order valence-electron chi connectivity index (χ4n) is 3.45. The lowest BCUT2D eigenvalue weighted by molar-refractivity contribution is 0.603. The number of aryl methyl sites for hydroxylation is 1. The summed E-state index contributed by atoms with van der Waals surface area (Å²) < 4.78 is 28.1. The first-order valence-corrected chi connectivity index (χ1v) is 12.1. The minimum absolute atomic E-state index is 0.307. The van der Waals surface area contributed by atoms with Gasteiger partial charge in [0, 0.05) is 29.2 Å². The summed E-state index contributed by atoms with van der Waals surface area (Å²) >= 11 is 1.25. The van der Waals surface area contributed by atoms with Crippen molar-refractivity contribution in [3.05, 3.63) is 53.4 Å². The molecule has 3 aromatic rings. The van der Waals surface area contributed by atoms with E-state index >= 15 is 0 Å². The molecule has 0 radical (unpaired) electrons. The van der Waals surface area contributed by atoms with Gasteiger partial charge in [-0.15, -0.1) is 21.5 Å². The summed E-state index contributed by atoms with van der Waals surface area (Å²) in [7, 11) is -3.59. The van der Waals surface area contributed by atoms with Gasteiger partial charge in [-0.1, -0.05) is 25.0 Å². The Kier molecular flexibility index (Phi) is 5.82. The Morgan fingerprint density at radius 3 is 2.41 bits per heavy atom. The summed E-state index contributed by atoms with van der Waals surface area (Å²) in [5.74, 6) is 0.903. The van der Waals surface area contributed by atoms with Crippen LogP contribution < -0.4 is 9.62 Å². The van der Waals surface area contributed by atoms with Gasteiger partial charge in [0.2, 0.25) is 0 Å². The summed E-state index contributed by atoms with van der Waals surface area (Å²) in [6.07, 6.45) is 4.93. The third-order valence-electron chi connectivity index (χ3n) is 4.97. The average Bonchev–Trinajstić information content (AvgIpc) is 2.99. The number of benzene rings is 1. The molecule has 1 fully saturated rings. The van der Waals surface area contributed by atoms with Gasteiger partial charge in [-0.25, -0.2) is 8.42 Å². The number of hydrogen-bond donors (Lipinski definition) is 1. The van der Waals surface area contributed by atoms with Crippen molar-refractivity contribution in [2.75, 3.05) is 22.7 Å². The highest BCUT2D eigenvalue weighted by atomic mass is 32.2. The van der Waals surface area contributed by atoms with Crippen LogP contribution in [-0.2, 0) is 10.0 Å². The number of thiophene rings is 1. The lowest BCUT2D eigenvalue weighted by Gasteiger charge is -2.20. The number of hydrogen-bond acceptors (Lipinski definition) is 6. The van der Waals surface area contributed by atoms with Crippen LogP contribution in [0.15, 0.2) is 52.7 Å². The van der Waals surface area contributed by atoms with Gasteiger partial charge >= 0.3 is 0 Å². The zero-order valence-electron chi connectivity index (χ0n) is 16.3. The maximum Gasteiger partial charge on any atom is 0.271 e. The highest BCUT2D eigenvalue weighted by Gasteiger charge is 2.17. The molecule has 29 heavy (non-hydrogen) atoms. The molecular weight excluding hydrogens is 404 g/mol. The maximum atomic E-state index is 12.6. The number of aromatic nitrogens is 2. The minimum Gasteiger partial charge on any atom is -0.355 e. The van der Waals surface area contributed by atoms with Crippen LogP contribution in [0.4, 0.5) is 11.5 Å². The van der Waals surface area contributed by atoms with Gasteiger partial charge in [-0.2, -0.15) is 0 Å². The van der Waals surface area contributed by atoms with Crippen molar-refractivity contribution >= 4 is 32.9 Å². The molecule has 0 bridgehead atoms. The van der Waals surface area contributed by atoms with Crippen molar-refractivity contribution in [3.63, 3.8) is 0 Å². The van der Waals surface area contributed by atoms with Crippen LogP contribution in [0.1, 0.15) is 30.6 Å². The van der Waals surface area contributed by atoms with E-state index in [4.69, 9.17) is 0 Å². The molecule has 1 aliphatic heterocycles. The van der Waals surface area contributed by atoms with Gasteiger partial charge in [0.25, 0.3) is 10.0 Å². The van der Waals surface area contributed by atoms with Crippen molar-refractivity contribution in [3.8, 4) is 11.3 Å². The van der Waals surface area contributed by atoms with Gasteiger partial charge in [-0.3, -0.25) is 4.72 Å². The average molecular weight is 429 g/mol. The predicted octanol–water partition coefficient (Wildman–Crippen LogP) is 4.69. The monoisotopic (exact) mass is 428 g/mol. The van der Waals surface area contributed by atoms with Crippen LogP contribution in [0.5, 0.6) is 0 Å². The van der Waals surface area contributed by atoms with Gasteiger partial charge in [0.15, 0.2) is 5.82 Å². The first-order chi connectivity index (χ1) is 14.0. The van der Waals surface area contributed by atoms with E-state index in [0.717, 1.165) is 35.0 Å². The molecule has 152 valence electrons. The Hall–Kier alpha value is -2.45. The maximum absolute atomic E-state index is 12.6. The fourth-order valence-corrected chi connectivity index (χ4v) is 5.78. The Bertz CT molecular complexity index is 1070. The van der Waals surface area contributed by atoms with Crippen molar-refractivity contribution in [2.24, 2.45) is 0 Å². The number of anilines is 2. The second-order valence-electron chi connectivity index (χ2n) is 7.23. The van der Waals surface area contributed by atoms with Crippen molar-refractivity contribution in [1.82, 2.24) is 10.2 Å². The van der Waals surface area contributed by atoms with Gasteiger partial charge in [0.05, 0.1) is 5.69 Å². The SMILES string of the molecule is Cc1ccc(S(=O)(=O)Nc2cccc(-c3ccc(N4CCCCCC4)nn3)c2)s1. The second kappa shape index (κ2) is 8.51. The van der Waals surface area contributed by atoms with E-state index in [1.807, 2.05) is 31.2 Å². The third-order valence-corrected chi connectivity index (χ3v) is 7.85. The summed E-state index contributed by atoms with van der Waals surface area (Å²) in [4.78, 5) is 3.25. The molecule has 0 unspecified atom stereocenters. The Labute approximate surface area is 175 Å². The molecule has 0 saturated carbocycles. The van der Waals surface area contributed by atoms with Gasteiger partial charge in [0.1, 0.15) is 4.21 Å². The quantitative estimate of drug-likeness (QED) is 0.638. The summed E-state index contributed by atoms with van der Waals surface area (Å²) in [5, 5.41) is 8.80. The van der Waals surface area contributed by atoms with Crippen LogP contribution in [0.2, 0.25) is 0 Å². The smallest absolute Gasteiger partial charge is 0.271 e. The summed E-state index contributed by atoms with van der Waals surface area (Å²) in [6, 6.07) is 14.6. The van der Waals surface area contributed by atoms with Crippen molar-refractivity contribution in [1.29, 1.82) is 0 Å². The highest BCUT2D eigenvalue weighted by molar-refractivity contribution is 7.94. The molecule has 2 aromatic heterocycles. The number of nitrogens with zero attached hydrogens (tertiary/aromatic N) is 3. The van der Waals surface area contributed by atoms with Crippen molar-refractivity contribution in [2.45, 2.75) is 36.8 Å². The normalized spacial score (nSPS) is 15.1. The van der Waals surface area contributed by atoms with E-state index in [2.05, 4.69) is 19.8 Å². The number of nitrogens with one attached hydrogen (secondary N) is 1. The van der Waals surface area contributed by atoms with E-state index in [-0.39, 0.29) is 0 Å². The molecule has 8 heteroatoms. The fraction of sp³-hybridized carbons (Fsp3) is 0.333. The Morgan fingerprint density at radius 1 is 0.966 bits per heavy atom. The molecule has 3 heterocycles. The van der Waals surface area contributed by atoms with E-state index in [0.29, 0.717) is 9.90 Å². The second-order valence-corrected chi connectivity index (χ2v) is 10.4. The largest absolute Gasteiger partial charge is 0.355 e. The van der Waals surface area contributed by atoms with Crippen LogP contribution in [0, 0.1) is 6.92 Å². The first kappa shape index (κ1) is 19.8. The van der Waals surface area contributed by atoms with E-state index in [1.54, 1.807) is 24.3 Å². The lowest BCUT2D eigenvalue weighted by Crippen LogP contribution is -2.25. The number of rotatable bonds is 5. The molecule has 1 aliphatic rings. The molecule has 4 rings (SSSR count). The van der Waals surface area contributed by atoms with E-state index in [1.165, 1.54) is 37.0 Å². The molecule has 0 atom stereocenters. The topological polar surface area (TPSA) is 75.2 Å². The Morgan fingerprint density at radius 2 is 1.76 bits per heavy atom. The van der Waals surface area contributed by atoms with Crippen LogP contribution in [-0.4, -0.2) is 31.7 Å². The van der Waals surface area contributed by atoms with E-state index < -0.39 is 10.0 Å². The molecule has 0 spiro atoms. The lowest BCUT2D eigenvalue weighted by atomic mass is 10.1. The molecule has 1 aromatic carbocycles. The molecule has 1 saturated heterocycles. The van der Waals surface area contributed by atoms with Gasteiger partial charge < -0.3 is 4.90 Å². The molecule has 0 aliphatic carbocycles. The van der Waals surface area contributed by atoms with Crippen LogP contribution in [0.25, 0.3) is 11.3 Å². The zero-order chi connectivity index (χ0) is 20.3. The summed E-state index contributed by atoms with van der Waals surface area (Å²) in [5.41, 5.74) is 2.05. The van der Waals surface area contributed by atoms with Gasteiger partial charge in [-0.05, 0) is 56.2 Å². The molecule has 0 amide bonds. The van der Waals surface area contributed by atoms with Crippen molar-refractivity contribution < 1.29 is 8.42 Å². The Balaban J connectivity index is 1.52. The predicted molar refractivity (Wildman–Crippen MR) is 118 cm³/mol. The zero-order valence-corrected chi connectivity index (χ0v) is 18.0. The molecule has 1 N–H and O–H groups in total. The molecular formula is C21H24N4O2S2. The standard InChI is InChI=1S/C21H24N4O2S2/c1-16-9-12-21(28-16)29(26,27)24-18-8-6-7-17(15-18)19-10-11-20(23-22-19)25-13-4-2-3-5-14-25/h6-12,15,24H,2-5,13-14H2,1H3. The minimum atomic E-state index is -3.59. The first-order valence-electron chi connectivity index (χ1n) is 9.80. The van der Waals surface area contributed by atoms with Crippen LogP contribution >= 0.6 is 11.3 Å². The third kappa shape index (κ3) is 4.76. The summed E-state index contributed by atoms with van der Waals surface area (Å²) in [6.45, 7) is 3.93.